The number of carbonyl (C=O) groups excluding carboxylic acids is 3. The molecule has 0 heterocycles. The molecule has 6 heteroatoms. The lowest BCUT2D eigenvalue weighted by Gasteiger charge is -2.29. The standard InChI is InChI=1S/C20H26O6/c1-4-7-12-16(21)20(13-5-2,19(25)26-6-3)17(22)14-10-8-9-11-15(14)18(23)24/h8-11H,4-7,12-13H2,1-3H3,(H,23,24). The summed E-state index contributed by atoms with van der Waals surface area (Å²) in [6.07, 6.45) is 1.73. The average Bonchev–Trinajstić information content (AvgIpc) is 2.63. The molecule has 0 amide bonds. The Labute approximate surface area is 153 Å². The van der Waals surface area contributed by atoms with Crippen LogP contribution < -0.4 is 0 Å². The van der Waals surface area contributed by atoms with Crippen molar-refractivity contribution < 1.29 is 29.0 Å². The van der Waals surface area contributed by atoms with Crippen molar-refractivity contribution in [1.82, 2.24) is 0 Å². The summed E-state index contributed by atoms with van der Waals surface area (Å²) in [5.74, 6) is -3.49. The van der Waals surface area contributed by atoms with Crippen molar-refractivity contribution in [1.29, 1.82) is 0 Å². The van der Waals surface area contributed by atoms with E-state index >= 15 is 0 Å². The summed E-state index contributed by atoms with van der Waals surface area (Å²) in [6.45, 7) is 5.29. The van der Waals surface area contributed by atoms with Gasteiger partial charge >= 0.3 is 11.9 Å². The van der Waals surface area contributed by atoms with E-state index in [2.05, 4.69) is 0 Å². The molecule has 0 aliphatic rings. The zero-order chi connectivity index (χ0) is 19.7. The zero-order valence-corrected chi connectivity index (χ0v) is 15.5. The fourth-order valence-electron chi connectivity index (χ4n) is 2.97. The van der Waals surface area contributed by atoms with Crippen LogP contribution in [-0.2, 0) is 14.3 Å². The van der Waals surface area contributed by atoms with Crippen molar-refractivity contribution in [2.24, 2.45) is 5.41 Å². The van der Waals surface area contributed by atoms with Gasteiger partial charge in [-0.2, -0.15) is 0 Å². The molecule has 0 saturated carbocycles. The molecule has 0 aliphatic heterocycles. The van der Waals surface area contributed by atoms with Gasteiger partial charge in [-0.25, -0.2) is 4.79 Å². The number of rotatable bonds is 11. The Morgan fingerprint density at radius 1 is 1.00 bits per heavy atom. The molecule has 1 aromatic rings. The van der Waals surface area contributed by atoms with Gasteiger partial charge in [-0.3, -0.25) is 14.4 Å². The molecule has 6 nitrogen and oxygen atoms in total. The topological polar surface area (TPSA) is 97.7 Å². The van der Waals surface area contributed by atoms with Crippen LogP contribution in [0.4, 0.5) is 0 Å². The third kappa shape index (κ3) is 4.36. The Bertz CT molecular complexity index is 679. The van der Waals surface area contributed by atoms with Gasteiger partial charge in [0.1, 0.15) is 0 Å². The second-order valence-electron chi connectivity index (χ2n) is 6.08. The molecule has 1 aromatic carbocycles. The lowest BCUT2D eigenvalue weighted by Crippen LogP contribution is -2.48. The third-order valence-corrected chi connectivity index (χ3v) is 4.27. The minimum absolute atomic E-state index is 0.0127. The fraction of sp³-hybridized carbons (Fsp3) is 0.500. The molecule has 1 N–H and O–H groups in total. The fourth-order valence-corrected chi connectivity index (χ4v) is 2.97. The molecule has 1 unspecified atom stereocenters. The predicted octanol–water partition coefficient (Wildman–Crippen LogP) is 3.68. The normalized spacial score (nSPS) is 12.9. The number of aromatic carboxylic acids is 1. The monoisotopic (exact) mass is 362 g/mol. The van der Waals surface area contributed by atoms with E-state index in [1.54, 1.807) is 13.8 Å². The summed E-state index contributed by atoms with van der Waals surface area (Å²) in [5.41, 5.74) is -2.37. The van der Waals surface area contributed by atoms with E-state index < -0.39 is 28.9 Å². The van der Waals surface area contributed by atoms with Crippen LogP contribution in [0.25, 0.3) is 0 Å². The van der Waals surface area contributed by atoms with E-state index in [0.717, 1.165) is 6.42 Å². The van der Waals surface area contributed by atoms with Gasteiger partial charge in [-0.1, -0.05) is 44.9 Å². The molecule has 0 saturated heterocycles. The second-order valence-corrected chi connectivity index (χ2v) is 6.08. The van der Waals surface area contributed by atoms with Gasteiger partial charge in [0, 0.05) is 12.0 Å². The number of benzene rings is 1. The van der Waals surface area contributed by atoms with E-state index in [9.17, 15) is 24.3 Å². The van der Waals surface area contributed by atoms with Gasteiger partial charge < -0.3 is 9.84 Å². The summed E-state index contributed by atoms with van der Waals surface area (Å²) in [5, 5.41) is 9.38. The number of ether oxygens (including phenoxy) is 1. The smallest absolute Gasteiger partial charge is 0.336 e. The SMILES string of the molecule is CCCCC(=O)C(CCC)(C(=O)OCC)C(=O)c1ccccc1C(=O)O. The Balaban J connectivity index is 3.56. The predicted molar refractivity (Wildman–Crippen MR) is 96.2 cm³/mol. The molecule has 0 bridgehead atoms. The van der Waals surface area contributed by atoms with Crippen LogP contribution in [-0.4, -0.2) is 35.2 Å². The van der Waals surface area contributed by atoms with Gasteiger partial charge in [0.2, 0.25) is 0 Å². The summed E-state index contributed by atoms with van der Waals surface area (Å²) < 4.78 is 5.08. The van der Waals surface area contributed by atoms with Crippen LogP contribution in [0.3, 0.4) is 0 Å². The summed E-state index contributed by atoms with van der Waals surface area (Å²) >= 11 is 0. The maximum absolute atomic E-state index is 13.3. The lowest BCUT2D eigenvalue weighted by molar-refractivity contribution is -0.157. The maximum atomic E-state index is 13.3. The largest absolute Gasteiger partial charge is 0.478 e. The number of unbranched alkanes of at least 4 members (excludes halogenated alkanes) is 1. The highest BCUT2D eigenvalue weighted by Crippen LogP contribution is 2.35. The quantitative estimate of drug-likeness (QED) is 0.366. The Hall–Kier alpha value is -2.50. The van der Waals surface area contributed by atoms with E-state index in [-0.39, 0.29) is 30.6 Å². The van der Waals surface area contributed by atoms with Crippen molar-refractivity contribution >= 4 is 23.5 Å². The first-order valence-corrected chi connectivity index (χ1v) is 8.94. The van der Waals surface area contributed by atoms with Crippen LogP contribution in [0.5, 0.6) is 0 Å². The van der Waals surface area contributed by atoms with Crippen molar-refractivity contribution in [3.63, 3.8) is 0 Å². The molecule has 0 aliphatic carbocycles. The highest BCUT2D eigenvalue weighted by atomic mass is 16.5. The minimum Gasteiger partial charge on any atom is -0.478 e. The number of esters is 1. The maximum Gasteiger partial charge on any atom is 0.336 e. The van der Waals surface area contributed by atoms with Crippen molar-refractivity contribution in [2.45, 2.75) is 52.9 Å². The van der Waals surface area contributed by atoms with Crippen LogP contribution in [0, 0.1) is 5.41 Å². The molecule has 0 radical (unpaired) electrons. The first kappa shape index (κ1) is 21.5. The summed E-state index contributed by atoms with van der Waals surface area (Å²) in [7, 11) is 0. The molecule has 1 rings (SSSR count). The van der Waals surface area contributed by atoms with Crippen molar-refractivity contribution in [2.75, 3.05) is 6.61 Å². The van der Waals surface area contributed by atoms with E-state index in [1.807, 2.05) is 6.92 Å². The highest BCUT2D eigenvalue weighted by Gasteiger charge is 2.53. The highest BCUT2D eigenvalue weighted by molar-refractivity contribution is 6.28. The molecule has 0 spiro atoms. The number of hydrogen-bond donors (Lipinski definition) is 1. The first-order valence-electron chi connectivity index (χ1n) is 8.94. The Morgan fingerprint density at radius 3 is 2.12 bits per heavy atom. The van der Waals surface area contributed by atoms with Gasteiger partial charge in [0.05, 0.1) is 12.2 Å². The Morgan fingerprint density at radius 2 is 1.62 bits per heavy atom. The Kier molecular flexibility index (Phi) is 8.16. The van der Waals surface area contributed by atoms with E-state index in [4.69, 9.17) is 4.74 Å². The van der Waals surface area contributed by atoms with Gasteiger partial charge in [0.15, 0.2) is 17.0 Å². The summed E-state index contributed by atoms with van der Waals surface area (Å²) in [6, 6.07) is 5.62. The molecule has 0 aromatic heterocycles. The number of carboxylic acids is 1. The number of carboxylic acid groups (broad SMARTS) is 1. The van der Waals surface area contributed by atoms with Crippen LogP contribution >= 0.6 is 0 Å². The van der Waals surface area contributed by atoms with Crippen molar-refractivity contribution in [3.8, 4) is 0 Å². The average molecular weight is 362 g/mol. The van der Waals surface area contributed by atoms with Crippen LogP contribution in [0.15, 0.2) is 24.3 Å². The summed E-state index contributed by atoms with van der Waals surface area (Å²) in [4.78, 5) is 50.5. The number of carbonyl (C=O) groups is 4. The van der Waals surface area contributed by atoms with Crippen molar-refractivity contribution in [3.05, 3.63) is 35.4 Å². The molecule has 142 valence electrons. The molecule has 0 fully saturated rings. The number of hydrogen-bond acceptors (Lipinski definition) is 5. The third-order valence-electron chi connectivity index (χ3n) is 4.27. The molecule has 26 heavy (non-hydrogen) atoms. The molecular weight excluding hydrogens is 336 g/mol. The zero-order valence-electron chi connectivity index (χ0n) is 15.5. The van der Waals surface area contributed by atoms with Gasteiger partial charge in [-0.15, -0.1) is 0 Å². The number of ketones is 2. The van der Waals surface area contributed by atoms with Crippen LogP contribution in [0.1, 0.15) is 73.6 Å². The van der Waals surface area contributed by atoms with Gasteiger partial charge in [0.25, 0.3) is 0 Å². The second kappa shape index (κ2) is 9.85. The number of Topliss-reactive ketones (excluding diaryl/α,β-unsaturated/α-hetero) is 2. The molecule has 1 atom stereocenters. The van der Waals surface area contributed by atoms with E-state index in [0.29, 0.717) is 12.8 Å². The minimum atomic E-state index is -1.99. The lowest BCUT2D eigenvalue weighted by atomic mass is 9.71. The van der Waals surface area contributed by atoms with E-state index in [1.165, 1.54) is 24.3 Å². The van der Waals surface area contributed by atoms with Crippen LogP contribution in [0.2, 0.25) is 0 Å². The van der Waals surface area contributed by atoms with Gasteiger partial charge in [-0.05, 0) is 25.8 Å². The molecular formula is C20H26O6. The first-order chi connectivity index (χ1) is 12.4.